The molecular formula is C24H38N2O4. The van der Waals surface area contributed by atoms with Gasteiger partial charge in [0.05, 0.1) is 21.0 Å². The Morgan fingerprint density at radius 3 is 2.73 bits per heavy atom. The Labute approximate surface area is 195 Å². The number of methoxy groups -OCH3 is 2. The molecule has 1 fully saturated rings. The van der Waals surface area contributed by atoms with Crippen LogP contribution in [0.1, 0.15) is 71.4 Å². The molecule has 2 N–H and O–H groups in total. The molecule has 2 heterocycles. The Hall–Kier alpha value is -1.79. The summed E-state index contributed by atoms with van der Waals surface area (Å²) in [4.78, 5) is 14.2. The number of carbonyl (C=O) groups excluding carboxylic acids is 1. The fraction of sp³-hybridized carbons (Fsp3) is 0.708. The van der Waals surface area contributed by atoms with Gasteiger partial charge in [-0.25, -0.2) is 0 Å². The van der Waals surface area contributed by atoms with E-state index in [1.165, 1.54) is 0 Å². The van der Waals surface area contributed by atoms with Crippen LogP contribution < -0.4 is 15.2 Å². The van der Waals surface area contributed by atoms with E-state index < -0.39 is 73.5 Å². The second-order valence-electron chi connectivity index (χ2n) is 8.44. The standard InChI is InChI=1S/C24H38N2O4/c1-14(2)9-17-13-26-8-7-16-10-21(28-5)22(29-6)11-18(16)19(26)12-20(17)30-24(27)23(25)15(3)4/h10-11,14-15,17,19-20,23H,7-9,12-13,25H2,1-6H3/t17?,19?,20?,23-/m0/s1/i5D3,10D,11D,12D2,13D2,17D. The third kappa shape index (κ3) is 4.75. The molecule has 1 aromatic rings. The first-order chi connectivity index (χ1) is 18.1. The van der Waals surface area contributed by atoms with E-state index in [9.17, 15) is 8.91 Å². The molecule has 0 saturated carbocycles. The smallest absolute Gasteiger partial charge is 0.323 e. The minimum atomic E-state index is -2.96. The summed E-state index contributed by atoms with van der Waals surface area (Å²) in [7, 11) is -1.81. The number of rotatable bonds is 7. The number of benzene rings is 1. The second-order valence-corrected chi connectivity index (χ2v) is 8.44. The van der Waals surface area contributed by atoms with Gasteiger partial charge in [0.25, 0.3) is 0 Å². The van der Waals surface area contributed by atoms with Gasteiger partial charge in [0.2, 0.25) is 0 Å². The van der Waals surface area contributed by atoms with E-state index in [-0.39, 0.29) is 42.3 Å². The quantitative estimate of drug-likeness (QED) is 0.670. The van der Waals surface area contributed by atoms with Crippen LogP contribution in [0.2, 0.25) is 0 Å². The Kier molecular flexibility index (Phi) is 4.12. The van der Waals surface area contributed by atoms with Gasteiger partial charge in [-0.2, -0.15) is 0 Å². The molecule has 0 spiro atoms. The first-order valence-electron chi connectivity index (χ1n) is 15.2. The number of nitrogens with zero attached hydrogens (tertiary/aromatic N) is 1. The fourth-order valence-corrected chi connectivity index (χ4v) is 3.62. The van der Waals surface area contributed by atoms with E-state index in [0.717, 1.165) is 12.0 Å². The molecule has 3 unspecified atom stereocenters. The van der Waals surface area contributed by atoms with E-state index >= 15 is 0 Å². The summed E-state index contributed by atoms with van der Waals surface area (Å²) >= 11 is 0. The molecule has 2 aliphatic rings. The van der Waals surface area contributed by atoms with Crippen molar-refractivity contribution in [3.8, 4) is 11.5 Å². The zero-order valence-electron chi connectivity index (χ0n) is 28.2. The lowest BCUT2D eigenvalue weighted by molar-refractivity contribution is -0.160. The maximum absolute atomic E-state index is 13.0. The predicted octanol–water partition coefficient (Wildman–Crippen LogP) is 3.56. The highest BCUT2D eigenvalue weighted by molar-refractivity contribution is 5.76. The SMILES string of the molecule is [2H]c1c2c(c([2H])c(OC)c1OC([2H])([2H])[2H])C1N(CC2)C([2H])([2H])C([2H])(CC(C)C)C(OC(=O)[C@@H](N)C(C)C)C1([2H])[2H]. The molecule has 0 radical (unpaired) electrons. The lowest BCUT2D eigenvalue weighted by Crippen LogP contribution is -2.51. The van der Waals surface area contributed by atoms with Crippen LogP contribution in [-0.2, 0) is 16.0 Å². The number of piperidine rings is 1. The summed E-state index contributed by atoms with van der Waals surface area (Å²) in [5.41, 5.74) is 5.97. The molecule has 1 aromatic carbocycles. The summed E-state index contributed by atoms with van der Waals surface area (Å²) in [6.07, 6.45) is -4.80. The van der Waals surface area contributed by atoms with Gasteiger partial charge < -0.3 is 19.9 Å². The van der Waals surface area contributed by atoms with Crippen LogP contribution in [0.3, 0.4) is 0 Å². The van der Waals surface area contributed by atoms with Gasteiger partial charge in [-0.15, -0.1) is 0 Å². The van der Waals surface area contributed by atoms with Crippen LogP contribution in [0.25, 0.3) is 0 Å². The topological polar surface area (TPSA) is 74.0 Å². The average Bonchev–Trinajstić information content (AvgIpc) is 2.81. The Morgan fingerprint density at radius 2 is 2.10 bits per heavy atom. The minimum Gasteiger partial charge on any atom is -0.493 e. The highest BCUT2D eigenvalue weighted by atomic mass is 16.5. The number of ether oxygens (including phenoxy) is 3. The lowest BCUT2D eigenvalue weighted by Gasteiger charge is -2.47. The summed E-state index contributed by atoms with van der Waals surface area (Å²) in [5.74, 6) is -4.81. The fourth-order valence-electron chi connectivity index (χ4n) is 3.62. The molecule has 3 rings (SSSR count). The molecule has 168 valence electrons. The Morgan fingerprint density at radius 1 is 1.37 bits per heavy atom. The summed E-state index contributed by atoms with van der Waals surface area (Å²) < 4.78 is 102. The first-order valence-corrected chi connectivity index (χ1v) is 10.2. The zero-order chi connectivity index (χ0) is 30.7. The van der Waals surface area contributed by atoms with Gasteiger partial charge in [0.1, 0.15) is 12.1 Å². The van der Waals surface area contributed by atoms with Crippen molar-refractivity contribution in [1.29, 1.82) is 0 Å². The molecular weight excluding hydrogens is 380 g/mol. The molecule has 30 heavy (non-hydrogen) atoms. The Balaban J connectivity index is 2.32. The zero-order valence-corrected chi connectivity index (χ0v) is 18.2. The molecule has 0 aliphatic carbocycles. The summed E-state index contributed by atoms with van der Waals surface area (Å²) in [6, 6.07) is -3.63. The minimum absolute atomic E-state index is 0.0477. The van der Waals surface area contributed by atoms with Crippen molar-refractivity contribution < 1.29 is 32.7 Å². The van der Waals surface area contributed by atoms with Gasteiger partial charge >= 0.3 is 5.97 Å². The van der Waals surface area contributed by atoms with Gasteiger partial charge in [-0.1, -0.05) is 27.7 Å². The monoisotopic (exact) mass is 428 g/mol. The largest absolute Gasteiger partial charge is 0.493 e. The highest BCUT2D eigenvalue weighted by Gasteiger charge is 2.41. The van der Waals surface area contributed by atoms with Crippen LogP contribution in [0.15, 0.2) is 12.1 Å². The lowest BCUT2D eigenvalue weighted by atomic mass is 9.79. The second kappa shape index (κ2) is 9.56. The van der Waals surface area contributed by atoms with Gasteiger partial charge in [-0.05, 0) is 47.9 Å². The van der Waals surface area contributed by atoms with Crippen LogP contribution >= 0.6 is 0 Å². The van der Waals surface area contributed by atoms with Crippen molar-refractivity contribution in [2.45, 2.75) is 65.1 Å². The van der Waals surface area contributed by atoms with Crippen molar-refractivity contribution in [2.24, 2.45) is 23.5 Å². The van der Waals surface area contributed by atoms with E-state index in [2.05, 4.69) is 0 Å². The number of hydrogen-bond donors (Lipinski definition) is 1. The molecule has 0 bridgehead atoms. The third-order valence-electron chi connectivity index (χ3n) is 5.30. The molecule has 1 saturated heterocycles. The van der Waals surface area contributed by atoms with Crippen molar-refractivity contribution >= 4 is 5.97 Å². The molecule has 6 nitrogen and oxygen atoms in total. The average molecular weight is 429 g/mol. The van der Waals surface area contributed by atoms with E-state index in [4.69, 9.17) is 29.5 Å². The number of hydrogen-bond acceptors (Lipinski definition) is 6. The van der Waals surface area contributed by atoms with Crippen molar-refractivity contribution in [3.05, 3.63) is 23.2 Å². The van der Waals surface area contributed by atoms with Crippen LogP contribution in [0, 0.1) is 17.7 Å². The first kappa shape index (κ1) is 12.9. The molecule has 0 aromatic heterocycles. The number of fused-ring (bicyclic) bond motifs is 3. The number of esters is 1. The molecule has 2 aliphatic heterocycles. The maximum atomic E-state index is 13.0. The Bertz CT molecular complexity index is 1140. The predicted molar refractivity (Wildman–Crippen MR) is 118 cm³/mol. The highest BCUT2D eigenvalue weighted by Crippen LogP contribution is 2.44. The maximum Gasteiger partial charge on any atom is 0.323 e. The summed E-state index contributed by atoms with van der Waals surface area (Å²) in [5, 5.41) is 0. The normalized spacial score (nSPS) is 36.0. The van der Waals surface area contributed by atoms with Crippen LogP contribution in [0.5, 0.6) is 11.5 Å². The van der Waals surface area contributed by atoms with E-state index in [0.29, 0.717) is 0 Å². The van der Waals surface area contributed by atoms with Crippen LogP contribution in [0.4, 0.5) is 0 Å². The number of carbonyl (C=O) groups is 1. The molecule has 4 atom stereocenters. The van der Waals surface area contributed by atoms with Crippen molar-refractivity contribution in [2.75, 3.05) is 27.2 Å². The number of nitrogens with two attached hydrogens (primary N) is 1. The van der Waals surface area contributed by atoms with Gasteiger partial charge in [0, 0.05) is 38.2 Å². The van der Waals surface area contributed by atoms with Crippen molar-refractivity contribution in [3.63, 3.8) is 0 Å². The van der Waals surface area contributed by atoms with E-state index in [1.54, 1.807) is 27.7 Å². The van der Waals surface area contributed by atoms with Crippen molar-refractivity contribution in [1.82, 2.24) is 4.90 Å². The van der Waals surface area contributed by atoms with Gasteiger partial charge in [-0.3, -0.25) is 9.69 Å². The van der Waals surface area contributed by atoms with Gasteiger partial charge in [0.15, 0.2) is 11.5 Å². The third-order valence-corrected chi connectivity index (χ3v) is 5.30. The van der Waals surface area contributed by atoms with Crippen LogP contribution in [-0.4, -0.2) is 50.2 Å². The molecule has 6 heteroatoms. The molecule has 0 amide bonds. The summed E-state index contributed by atoms with van der Waals surface area (Å²) in [6.45, 7) is 4.14. The van der Waals surface area contributed by atoms with E-state index in [1.807, 2.05) is 0 Å².